The smallest absolute Gasteiger partial charge is 0.332 e. The van der Waals surface area contributed by atoms with E-state index in [1.807, 2.05) is 25.1 Å². The van der Waals surface area contributed by atoms with Crippen molar-refractivity contribution in [1.29, 1.82) is 0 Å². The first kappa shape index (κ1) is 14.3. The molecular formula is C16H18N4O2. The molecule has 114 valence electrons. The number of aromatic nitrogens is 4. The number of aryl methyl sites for hydroxylation is 1. The molecule has 3 aromatic rings. The van der Waals surface area contributed by atoms with Gasteiger partial charge in [-0.05, 0) is 12.0 Å². The van der Waals surface area contributed by atoms with Gasteiger partial charge in [0.25, 0.3) is 5.56 Å². The quantitative estimate of drug-likeness (QED) is 0.792. The van der Waals surface area contributed by atoms with Crippen LogP contribution in [0, 0.1) is 0 Å². The van der Waals surface area contributed by atoms with Crippen LogP contribution in [0.5, 0.6) is 0 Å². The van der Waals surface area contributed by atoms with Crippen molar-refractivity contribution < 1.29 is 0 Å². The topological polar surface area (TPSA) is 72.7 Å². The lowest BCUT2D eigenvalue weighted by atomic mass is 10.0. The second-order valence-corrected chi connectivity index (χ2v) is 5.62. The maximum atomic E-state index is 12.2. The van der Waals surface area contributed by atoms with E-state index in [4.69, 9.17) is 0 Å². The average Bonchev–Trinajstić information content (AvgIpc) is 2.97. The first-order valence-corrected chi connectivity index (χ1v) is 7.18. The van der Waals surface area contributed by atoms with Gasteiger partial charge in [0.15, 0.2) is 5.65 Å². The highest BCUT2D eigenvalue weighted by atomic mass is 16.2. The molecule has 6 nitrogen and oxygen atoms in total. The molecule has 1 aromatic carbocycles. The lowest BCUT2D eigenvalue weighted by molar-refractivity contribution is 0.703. The number of fused-ring (bicyclic) bond motifs is 1. The molecule has 0 aliphatic heterocycles. The van der Waals surface area contributed by atoms with Crippen molar-refractivity contribution >= 4 is 11.2 Å². The number of nitrogens with zero attached hydrogens (tertiary/aromatic N) is 3. The Morgan fingerprint density at radius 2 is 1.82 bits per heavy atom. The Kier molecular flexibility index (Phi) is 3.44. The normalized spacial score (nSPS) is 12.7. The number of hydrogen-bond donors (Lipinski definition) is 1. The molecule has 1 unspecified atom stereocenters. The van der Waals surface area contributed by atoms with E-state index < -0.39 is 0 Å². The van der Waals surface area contributed by atoms with Crippen molar-refractivity contribution in [2.45, 2.75) is 19.3 Å². The molecular weight excluding hydrogens is 280 g/mol. The number of benzene rings is 1. The molecule has 2 aromatic heterocycles. The molecule has 0 saturated carbocycles. The summed E-state index contributed by atoms with van der Waals surface area (Å²) in [6.45, 7) is 2.05. The molecule has 0 aliphatic carbocycles. The highest BCUT2D eigenvalue weighted by molar-refractivity contribution is 5.69. The Balaban J connectivity index is 2.06. The molecule has 6 heteroatoms. The van der Waals surface area contributed by atoms with Crippen LogP contribution in [0.15, 0.2) is 39.9 Å². The summed E-state index contributed by atoms with van der Waals surface area (Å²) in [6.07, 6.45) is 0.814. The fourth-order valence-corrected chi connectivity index (χ4v) is 2.64. The summed E-state index contributed by atoms with van der Waals surface area (Å²) in [5.74, 6) is 0.840. The Morgan fingerprint density at radius 1 is 1.14 bits per heavy atom. The maximum Gasteiger partial charge on any atom is 0.332 e. The van der Waals surface area contributed by atoms with E-state index in [1.54, 1.807) is 7.05 Å². The van der Waals surface area contributed by atoms with Gasteiger partial charge in [-0.15, -0.1) is 0 Å². The Hall–Kier alpha value is -2.63. The third kappa shape index (κ3) is 2.26. The van der Waals surface area contributed by atoms with Gasteiger partial charge in [-0.1, -0.05) is 37.3 Å². The molecule has 0 saturated heterocycles. The summed E-state index contributed by atoms with van der Waals surface area (Å²) >= 11 is 0. The predicted molar refractivity (Wildman–Crippen MR) is 85.1 cm³/mol. The molecule has 0 radical (unpaired) electrons. The zero-order valence-electron chi connectivity index (χ0n) is 12.8. The van der Waals surface area contributed by atoms with E-state index in [2.05, 4.69) is 22.1 Å². The van der Waals surface area contributed by atoms with Crippen molar-refractivity contribution in [3.8, 4) is 0 Å². The molecule has 0 fully saturated rings. The molecule has 0 aliphatic rings. The second kappa shape index (κ2) is 5.29. The minimum Gasteiger partial charge on any atom is -0.336 e. The lowest BCUT2D eigenvalue weighted by Gasteiger charge is -2.07. The van der Waals surface area contributed by atoms with Crippen LogP contribution in [0.2, 0.25) is 0 Å². The molecule has 0 spiro atoms. The Bertz CT molecular complexity index is 934. The van der Waals surface area contributed by atoms with E-state index in [9.17, 15) is 9.59 Å². The second-order valence-electron chi connectivity index (χ2n) is 5.62. The van der Waals surface area contributed by atoms with Crippen molar-refractivity contribution in [3.63, 3.8) is 0 Å². The van der Waals surface area contributed by atoms with E-state index in [0.717, 1.165) is 16.8 Å². The summed E-state index contributed by atoms with van der Waals surface area (Å²) in [7, 11) is 3.09. The van der Waals surface area contributed by atoms with E-state index >= 15 is 0 Å². The van der Waals surface area contributed by atoms with Crippen LogP contribution in [-0.4, -0.2) is 19.1 Å². The fraction of sp³-hybridized carbons (Fsp3) is 0.312. The number of rotatable bonds is 3. The largest absolute Gasteiger partial charge is 0.336 e. The maximum absolute atomic E-state index is 12.2. The monoisotopic (exact) mass is 298 g/mol. The van der Waals surface area contributed by atoms with Gasteiger partial charge in [0.1, 0.15) is 11.3 Å². The van der Waals surface area contributed by atoms with Gasteiger partial charge in [0.05, 0.1) is 0 Å². The van der Waals surface area contributed by atoms with Gasteiger partial charge >= 0.3 is 5.69 Å². The zero-order chi connectivity index (χ0) is 15.9. The highest BCUT2D eigenvalue weighted by Gasteiger charge is 2.17. The number of imidazole rings is 1. The van der Waals surface area contributed by atoms with Gasteiger partial charge in [-0.3, -0.25) is 13.9 Å². The van der Waals surface area contributed by atoms with E-state index in [0.29, 0.717) is 11.2 Å². The number of H-pyrrole nitrogens is 1. The van der Waals surface area contributed by atoms with Crippen molar-refractivity contribution in [2.24, 2.45) is 14.1 Å². The number of hydrogen-bond acceptors (Lipinski definition) is 3. The van der Waals surface area contributed by atoms with Gasteiger partial charge in [0.2, 0.25) is 0 Å². The molecule has 3 rings (SSSR count). The van der Waals surface area contributed by atoms with Crippen LogP contribution in [0.4, 0.5) is 0 Å². The summed E-state index contributed by atoms with van der Waals surface area (Å²) in [5, 5.41) is 0. The third-order valence-corrected chi connectivity index (χ3v) is 3.96. The molecule has 2 heterocycles. The Labute approximate surface area is 127 Å². The SMILES string of the molecule is CC(Cc1ccccc1)c1nc2c([nH]1)c(=O)n(C)c(=O)n2C. The summed E-state index contributed by atoms with van der Waals surface area (Å²) < 4.78 is 2.48. The van der Waals surface area contributed by atoms with E-state index in [-0.39, 0.29) is 17.2 Å². The predicted octanol–water partition coefficient (Wildman–Crippen LogP) is 1.31. The van der Waals surface area contributed by atoms with Gasteiger partial charge in [-0.2, -0.15) is 0 Å². The summed E-state index contributed by atoms with van der Waals surface area (Å²) in [5.41, 5.74) is 1.27. The number of aromatic amines is 1. The minimum absolute atomic E-state index is 0.120. The van der Waals surface area contributed by atoms with Crippen LogP contribution < -0.4 is 11.2 Å². The van der Waals surface area contributed by atoms with Crippen molar-refractivity contribution in [3.05, 3.63) is 62.6 Å². The highest BCUT2D eigenvalue weighted by Crippen LogP contribution is 2.19. The van der Waals surface area contributed by atoms with Crippen molar-refractivity contribution in [1.82, 2.24) is 19.1 Å². The van der Waals surface area contributed by atoms with Crippen LogP contribution in [0.3, 0.4) is 0 Å². The average molecular weight is 298 g/mol. The standard InChI is InChI=1S/C16H18N4O2/c1-10(9-11-7-5-4-6-8-11)13-17-12-14(18-13)19(2)16(22)20(3)15(12)21/h4-8,10H,9H2,1-3H3,(H,17,18). The van der Waals surface area contributed by atoms with Gasteiger partial charge in [0, 0.05) is 20.0 Å². The number of nitrogens with one attached hydrogen (secondary N) is 1. The minimum atomic E-state index is -0.369. The lowest BCUT2D eigenvalue weighted by Crippen LogP contribution is -2.36. The molecule has 1 N–H and O–H groups in total. The first-order chi connectivity index (χ1) is 10.5. The Morgan fingerprint density at radius 3 is 2.50 bits per heavy atom. The fourth-order valence-electron chi connectivity index (χ4n) is 2.64. The van der Waals surface area contributed by atoms with E-state index in [1.165, 1.54) is 17.2 Å². The van der Waals surface area contributed by atoms with Crippen LogP contribution in [0.1, 0.15) is 24.2 Å². The van der Waals surface area contributed by atoms with Gasteiger partial charge in [-0.25, -0.2) is 9.78 Å². The van der Waals surface area contributed by atoms with Crippen molar-refractivity contribution in [2.75, 3.05) is 0 Å². The third-order valence-electron chi connectivity index (χ3n) is 3.96. The van der Waals surface area contributed by atoms with Crippen LogP contribution in [0.25, 0.3) is 11.2 Å². The summed E-state index contributed by atoms with van der Waals surface area (Å²) in [4.78, 5) is 31.7. The first-order valence-electron chi connectivity index (χ1n) is 7.18. The molecule has 0 amide bonds. The molecule has 0 bridgehead atoms. The molecule has 1 atom stereocenters. The molecule has 22 heavy (non-hydrogen) atoms. The van der Waals surface area contributed by atoms with Crippen LogP contribution in [-0.2, 0) is 20.5 Å². The zero-order valence-corrected chi connectivity index (χ0v) is 12.8. The summed E-state index contributed by atoms with van der Waals surface area (Å²) in [6, 6.07) is 10.1. The van der Waals surface area contributed by atoms with Crippen LogP contribution >= 0.6 is 0 Å². The van der Waals surface area contributed by atoms with Gasteiger partial charge < -0.3 is 4.98 Å².